The molecule has 0 saturated heterocycles. The van der Waals surface area contributed by atoms with E-state index >= 15 is 0 Å². The van der Waals surface area contributed by atoms with Gasteiger partial charge in [-0.1, -0.05) is 32.4 Å². The fourth-order valence-electron chi connectivity index (χ4n) is 3.22. The largest absolute Gasteiger partial charge is 0.508 e. The normalized spacial score (nSPS) is 14.4. The Morgan fingerprint density at radius 1 is 1.03 bits per heavy atom. The zero-order valence-electron chi connectivity index (χ0n) is 19.8. The fraction of sp³-hybridized carbons (Fsp3) is 0.565. The van der Waals surface area contributed by atoms with Crippen molar-refractivity contribution >= 4 is 23.7 Å². The number of hydrogen-bond acceptors (Lipinski definition) is 7. The Morgan fingerprint density at radius 3 is 2.24 bits per heavy atom. The van der Waals surface area contributed by atoms with Crippen LogP contribution in [-0.2, 0) is 25.6 Å². The van der Waals surface area contributed by atoms with E-state index in [0.717, 1.165) is 5.56 Å². The molecule has 4 unspecified atom stereocenters. The van der Waals surface area contributed by atoms with Crippen LogP contribution in [0.4, 0.5) is 0 Å². The number of phenolic OH excluding ortho intramolecular Hbond substituents is 1. The summed E-state index contributed by atoms with van der Waals surface area (Å²) < 4.78 is 0. The number of carbonyl (C=O) groups is 4. The van der Waals surface area contributed by atoms with Crippen molar-refractivity contribution in [3.8, 4) is 5.75 Å². The van der Waals surface area contributed by atoms with Gasteiger partial charge in [0.1, 0.15) is 17.8 Å². The molecule has 1 rings (SSSR count). The maximum Gasteiger partial charge on any atom is 0.326 e. The molecule has 11 heteroatoms. The number of carbonyl (C=O) groups excluding carboxylic acids is 3. The molecule has 0 aliphatic heterocycles. The van der Waals surface area contributed by atoms with Gasteiger partial charge in [0.15, 0.2) is 0 Å². The average Bonchev–Trinajstić information content (AvgIpc) is 2.81. The maximum atomic E-state index is 12.8. The Labute approximate surface area is 199 Å². The summed E-state index contributed by atoms with van der Waals surface area (Å²) in [6.07, 6.45) is 2.19. The summed E-state index contributed by atoms with van der Waals surface area (Å²) in [6, 6.07) is 3.31. The second-order valence-corrected chi connectivity index (χ2v) is 8.31. The van der Waals surface area contributed by atoms with Gasteiger partial charge in [-0.2, -0.15) is 0 Å². The highest BCUT2D eigenvalue weighted by molar-refractivity contribution is 5.92. The lowest BCUT2D eigenvalue weighted by atomic mass is 9.97. The molecule has 1 aromatic rings. The molecule has 0 bridgehead atoms. The number of phenols is 1. The van der Waals surface area contributed by atoms with Gasteiger partial charge in [0.2, 0.25) is 17.7 Å². The highest BCUT2D eigenvalue weighted by Crippen LogP contribution is 2.11. The highest BCUT2D eigenvalue weighted by atomic mass is 16.4. The Balaban J connectivity index is 2.64. The van der Waals surface area contributed by atoms with Gasteiger partial charge in [-0.15, -0.1) is 0 Å². The molecule has 4 atom stereocenters. The number of aliphatic carboxylic acids is 1. The summed E-state index contributed by atoms with van der Waals surface area (Å²) in [5.41, 5.74) is 12.1. The van der Waals surface area contributed by atoms with Crippen molar-refractivity contribution in [2.75, 3.05) is 13.1 Å². The second-order valence-electron chi connectivity index (χ2n) is 8.31. The van der Waals surface area contributed by atoms with Crippen molar-refractivity contribution in [1.82, 2.24) is 16.0 Å². The molecule has 0 spiro atoms. The number of carboxylic acid groups (broad SMARTS) is 1. The first-order valence-electron chi connectivity index (χ1n) is 11.4. The van der Waals surface area contributed by atoms with E-state index in [1.54, 1.807) is 19.1 Å². The summed E-state index contributed by atoms with van der Waals surface area (Å²) >= 11 is 0. The van der Waals surface area contributed by atoms with Gasteiger partial charge in [-0.05, 0) is 55.8 Å². The fourth-order valence-corrected chi connectivity index (χ4v) is 3.22. The molecule has 190 valence electrons. The molecule has 0 aromatic heterocycles. The standard InChI is InChI=1S/C23H37N5O6/c1-3-14(2)20(22(32)27-18(23(33)34)6-4-5-11-24)28-19(30)13-26-21(31)17(25)12-15-7-9-16(29)10-8-15/h7-10,14,17-18,20,29H,3-6,11-13,24-25H2,1-2H3,(H,26,31)(H,27,32)(H,28,30)(H,33,34). The molecule has 0 aliphatic carbocycles. The van der Waals surface area contributed by atoms with E-state index in [4.69, 9.17) is 11.5 Å². The van der Waals surface area contributed by atoms with Crippen molar-refractivity contribution in [3.63, 3.8) is 0 Å². The molecule has 0 fully saturated rings. The molecule has 0 saturated carbocycles. The van der Waals surface area contributed by atoms with Gasteiger partial charge >= 0.3 is 5.97 Å². The first kappa shape index (κ1) is 28.9. The molecule has 11 nitrogen and oxygen atoms in total. The van der Waals surface area contributed by atoms with Crippen LogP contribution in [0.25, 0.3) is 0 Å². The van der Waals surface area contributed by atoms with E-state index in [1.807, 2.05) is 6.92 Å². The number of hydrogen-bond donors (Lipinski definition) is 7. The molecular formula is C23H37N5O6. The quantitative estimate of drug-likeness (QED) is 0.165. The van der Waals surface area contributed by atoms with Crippen LogP contribution in [0.2, 0.25) is 0 Å². The zero-order valence-corrected chi connectivity index (χ0v) is 19.8. The van der Waals surface area contributed by atoms with Crippen LogP contribution in [0, 0.1) is 5.92 Å². The first-order valence-corrected chi connectivity index (χ1v) is 11.4. The number of unbranched alkanes of at least 4 members (excludes halogenated alkanes) is 1. The van der Waals surface area contributed by atoms with Crippen LogP contribution in [0.15, 0.2) is 24.3 Å². The SMILES string of the molecule is CCC(C)C(NC(=O)CNC(=O)C(N)Cc1ccc(O)cc1)C(=O)NC(CCCCN)C(=O)O. The first-order chi connectivity index (χ1) is 16.1. The summed E-state index contributed by atoms with van der Waals surface area (Å²) in [6.45, 7) is 3.65. The van der Waals surface area contributed by atoms with E-state index in [9.17, 15) is 29.4 Å². The molecule has 9 N–H and O–H groups in total. The van der Waals surface area contributed by atoms with Crippen LogP contribution in [0.1, 0.15) is 45.1 Å². The number of benzene rings is 1. The summed E-state index contributed by atoms with van der Waals surface area (Å²) in [7, 11) is 0. The lowest BCUT2D eigenvalue weighted by Crippen LogP contribution is -2.55. The number of nitrogens with two attached hydrogens (primary N) is 2. The molecule has 1 aromatic carbocycles. The summed E-state index contributed by atoms with van der Waals surface area (Å²) in [4.78, 5) is 48.9. The minimum atomic E-state index is -1.16. The van der Waals surface area contributed by atoms with Crippen molar-refractivity contribution in [2.24, 2.45) is 17.4 Å². The number of aromatic hydroxyl groups is 1. The number of carboxylic acids is 1. The van der Waals surface area contributed by atoms with E-state index in [2.05, 4.69) is 16.0 Å². The van der Waals surface area contributed by atoms with Gasteiger partial charge < -0.3 is 37.6 Å². The predicted octanol–water partition coefficient (Wildman–Crippen LogP) is -0.392. The van der Waals surface area contributed by atoms with Crippen molar-refractivity contribution in [3.05, 3.63) is 29.8 Å². The van der Waals surface area contributed by atoms with Crippen LogP contribution in [0.5, 0.6) is 5.75 Å². The number of rotatable bonds is 15. The van der Waals surface area contributed by atoms with Crippen LogP contribution >= 0.6 is 0 Å². The molecule has 0 heterocycles. The third-order valence-electron chi connectivity index (χ3n) is 5.53. The minimum Gasteiger partial charge on any atom is -0.508 e. The topological polar surface area (TPSA) is 197 Å². The Morgan fingerprint density at radius 2 is 1.68 bits per heavy atom. The average molecular weight is 480 g/mol. The molecule has 0 radical (unpaired) electrons. The van der Waals surface area contributed by atoms with Crippen molar-refractivity contribution < 1.29 is 29.4 Å². The third kappa shape index (κ3) is 10.2. The summed E-state index contributed by atoms with van der Waals surface area (Å²) in [5.74, 6) is -3.06. The molecular weight excluding hydrogens is 442 g/mol. The maximum absolute atomic E-state index is 12.8. The molecule has 34 heavy (non-hydrogen) atoms. The van der Waals surface area contributed by atoms with Crippen molar-refractivity contribution in [2.45, 2.75) is 64.1 Å². The van der Waals surface area contributed by atoms with Crippen LogP contribution in [-0.4, -0.2) is 65.1 Å². The van der Waals surface area contributed by atoms with E-state index in [-0.39, 0.29) is 31.1 Å². The van der Waals surface area contributed by atoms with Gasteiger partial charge in [0.05, 0.1) is 12.6 Å². The lowest BCUT2D eigenvalue weighted by Gasteiger charge is -2.25. The zero-order chi connectivity index (χ0) is 25.7. The van der Waals surface area contributed by atoms with Gasteiger partial charge in [0, 0.05) is 0 Å². The third-order valence-corrected chi connectivity index (χ3v) is 5.53. The van der Waals surface area contributed by atoms with E-state index < -0.39 is 41.8 Å². The van der Waals surface area contributed by atoms with Crippen molar-refractivity contribution in [1.29, 1.82) is 0 Å². The minimum absolute atomic E-state index is 0.101. The van der Waals surface area contributed by atoms with E-state index in [1.165, 1.54) is 12.1 Å². The second kappa shape index (κ2) is 14.9. The van der Waals surface area contributed by atoms with Gasteiger partial charge in [-0.25, -0.2) is 4.79 Å². The predicted molar refractivity (Wildman–Crippen MR) is 127 cm³/mol. The van der Waals surface area contributed by atoms with Gasteiger partial charge in [0.25, 0.3) is 0 Å². The number of nitrogens with one attached hydrogen (secondary N) is 3. The van der Waals surface area contributed by atoms with Crippen LogP contribution in [0.3, 0.4) is 0 Å². The highest BCUT2D eigenvalue weighted by Gasteiger charge is 2.29. The van der Waals surface area contributed by atoms with Crippen LogP contribution < -0.4 is 27.4 Å². The number of amides is 3. The smallest absolute Gasteiger partial charge is 0.326 e. The lowest BCUT2D eigenvalue weighted by molar-refractivity contribution is -0.142. The molecule has 0 aliphatic rings. The Kier molecular flexibility index (Phi) is 12.6. The molecule has 3 amide bonds. The van der Waals surface area contributed by atoms with Gasteiger partial charge in [-0.3, -0.25) is 14.4 Å². The monoisotopic (exact) mass is 479 g/mol. The summed E-state index contributed by atoms with van der Waals surface area (Å²) in [5, 5.41) is 26.2. The Bertz CT molecular complexity index is 817. The van der Waals surface area contributed by atoms with E-state index in [0.29, 0.717) is 25.8 Å². The Hall–Kier alpha value is -3.18.